The van der Waals surface area contributed by atoms with Crippen molar-refractivity contribution in [3.05, 3.63) is 70.7 Å². The number of hydrogen-bond donors (Lipinski definition) is 1. The quantitative estimate of drug-likeness (QED) is 0.932. The maximum absolute atomic E-state index is 12.4. The Kier molecular flexibility index (Phi) is 4.84. The van der Waals surface area contributed by atoms with Crippen molar-refractivity contribution in [2.75, 3.05) is 6.54 Å². The summed E-state index contributed by atoms with van der Waals surface area (Å²) in [5.74, 6) is 0. The Balaban J connectivity index is 1.71. The van der Waals surface area contributed by atoms with Crippen LogP contribution in [0.4, 0.5) is 4.79 Å². The first-order valence-corrected chi connectivity index (χ1v) is 8.01. The van der Waals surface area contributed by atoms with Gasteiger partial charge in [0.15, 0.2) is 0 Å². The van der Waals surface area contributed by atoms with Gasteiger partial charge in [0.25, 0.3) is 0 Å². The normalized spacial score (nSPS) is 20.5. The zero-order valence-corrected chi connectivity index (χ0v) is 13.4. The molecule has 4 nitrogen and oxygen atoms in total. The monoisotopic (exact) mass is 330 g/mol. The van der Waals surface area contributed by atoms with E-state index in [-0.39, 0.29) is 24.8 Å². The largest absolute Gasteiger partial charge is 0.445 e. The third-order valence-electron chi connectivity index (χ3n) is 4.07. The van der Waals surface area contributed by atoms with Gasteiger partial charge in [0.2, 0.25) is 0 Å². The summed E-state index contributed by atoms with van der Waals surface area (Å²) in [4.78, 5) is 14.1. The summed E-state index contributed by atoms with van der Waals surface area (Å²) in [6, 6.07) is 16.8. The van der Waals surface area contributed by atoms with Crippen molar-refractivity contribution in [1.82, 2.24) is 4.90 Å². The minimum atomic E-state index is -0.341. The predicted molar refractivity (Wildman–Crippen MR) is 90.1 cm³/mol. The smallest absolute Gasteiger partial charge is 0.410 e. The number of carbonyl (C=O) groups is 1. The van der Waals surface area contributed by atoms with Crippen LogP contribution >= 0.6 is 11.6 Å². The van der Waals surface area contributed by atoms with Crippen molar-refractivity contribution in [1.29, 1.82) is 0 Å². The first-order chi connectivity index (χ1) is 11.1. The second-order valence-corrected chi connectivity index (χ2v) is 6.12. The van der Waals surface area contributed by atoms with E-state index >= 15 is 0 Å². The van der Waals surface area contributed by atoms with Crippen LogP contribution in [0.3, 0.4) is 0 Å². The summed E-state index contributed by atoms with van der Waals surface area (Å²) in [6.45, 7) is 0.847. The molecule has 1 heterocycles. The molecular weight excluding hydrogens is 312 g/mol. The molecule has 3 rings (SSSR count). The molecule has 2 atom stereocenters. The summed E-state index contributed by atoms with van der Waals surface area (Å²) in [7, 11) is 0. The van der Waals surface area contributed by atoms with Crippen LogP contribution in [0.5, 0.6) is 0 Å². The van der Waals surface area contributed by atoms with Crippen molar-refractivity contribution >= 4 is 17.7 Å². The molecule has 120 valence electrons. The van der Waals surface area contributed by atoms with E-state index in [0.717, 1.165) is 17.5 Å². The van der Waals surface area contributed by atoms with Gasteiger partial charge < -0.3 is 10.5 Å². The van der Waals surface area contributed by atoms with Gasteiger partial charge in [0, 0.05) is 17.6 Å². The van der Waals surface area contributed by atoms with E-state index in [0.29, 0.717) is 11.6 Å². The van der Waals surface area contributed by atoms with E-state index in [4.69, 9.17) is 22.1 Å². The molecule has 0 spiro atoms. The van der Waals surface area contributed by atoms with Gasteiger partial charge >= 0.3 is 6.09 Å². The molecule has 1 aliphatic rings. The molecule has 2 aromatic carbocycles. The first-order valence-electron chi connectivity index (χ1n) is 7.63. The number of amides is 1. The van der Waals surface area contributed by atoms with Gasteiger partial charge in [0.05, 0.1) is 6.04 Å². The standard InChI is InChI=1S/C18H19ClN2O2/c19-15-8-4-7-14(11-15)17-16(20)9-10-21(17)18(22)23-12-13-5-2-1-3-6-13/h1-8,11,16-17H,9-10,12,20H2/t16-,17+/m0/s1. The number of nitrogens with two attached hydrogens (primary N) is 1. The highest BCUT2D eigenvalue weighted by Gasteiger charge is 2.37. The summed E-state index contributed by atoms with van der Waals surface area (Å²) in [6.07, 6.45) is 0.407. The van der Waals surface area contributed by atoms with Crippen LogP contribution in [0.2, 0.25) is 5.02 Å². The van der Waals surface area contributed by atoms with Gasteiger partial charge in [-0.15, -0.1) is 0 Å². The van der Waals surface area contributed by atoms with Gasteiger partial charge in [-0.25, -0.2) is 4.79 Å². The molecule has 0 bridgehead atoms. The third kappa shape index (κ3) is 3.66. The zero-order chi connectivity index (χ0) is 16.2. The average molecular weight is 331 g/mol. The highest BCUT2D eigenvalue weighted by atomic mass is 35.5. The number of carbonyl (C=O) groups excluding carboxylic acids is 1. The van der Waals surface area contributed by atoms with Crippen molar-refractivity contribution in [3.8, 4) is 0 Å². The fourth-order valence-electron chi connectivity index (χ4n) is 2.94. The Morgan fingerprint density at radius 3 is 2.74 bits per heavy atom. The second kappa shape index (κ2) is 7.02. The summed E-state index contributed by atoms with van der Waals surface area (Å²) >= 11 is 6.06. The molecule has 0 aliphatic carbocycles. The fraction of sp³-hybridized carbons (Fsp3) is 0.278. The van der Waals surface area contributed by atoms with Gasteiger partial charge in [-0.05, 0) is 29.7 Å². The average Bonchev–Trinajstić information content (AvgIpc) is 2.95. The topological polar surface area (TPSA) is 55.6 Å². The lowest BCUT2D eigenvalue weighted by molar-refractivity contribution is 0.0908. The first kappa shape index (κ1) is 15.8. The number of rotatable bonds is 3. The predicted octanol–water partition coefficient (Wildman–Crippen LogP) is 3.75. The minimum Gasteiger partial charge on any atom is -0.445 e. The van der Waals surface area contributed by atoms with Crippen LogP contribution in [-0.4, -0.2) is 23.6 Å². The van der Waals surface area contributed by atoms with Crippen molar-refractivity contribution in [3.63, 3.8) is 0 Å². The Bertz CT molecular complexity index is 678. The molecule has 1 amide bonds. The van der Waals surface area contributed by atoms with Gasteiger partial charge in [0.1, 0.15) is 6.61 Å². The molecule has 1 aliphatic heterocycles. The van der Waals surface area contributed by atoms with Crippen LogP contribution < -0.4 is 5.73 Å². The van der Waals surface area contributed by atoms with E-state index in [1.54, 1.807) is 4.90 Å². The number of hydrogen-bond acceptors (Lipinski definition) is 3. The van der Waals surface area contributed by atoms with E-state index in [2.05, 4.69) is 0 Å². The Morgan fingerprint density at radius 1 is 1.22 bits per heavy atom. The number of likely N-dealkylation sites (tertiary alicyclic amines) is 1. The second-order valence-electron chi connectivity index (χ2n) is 5.69. The molecule has 0 aromatic heterocycles. The van der Waals surface area contributed by atoms with Crippen molar-refractivity contribution < 1.29 is 9.53 Å². The van der Waals surface area contributed by atoms with Crippen LogP contribution in [0, 0.1) is 0 Å². The molecule has 1 saturated heterocycles. The number of nitrogens with zero attached hydrogens (tertiary/aromatic N) is 1. The van der Waals surface area contributed by atoms with Crippen LogP contribution in [0.25, 0.3) is 0 Å². The van der Waals surface area contributed by atoms with Crippen molar-refractivity contribution in [2.45, 2.75) is 25.1 Å². The SMILES string of the molecule is N[C@H]1CCN(C(=O)OCc2ccccc2)[C@@H]1c1cccc(Cl)c1. The summed E-state index contributed by atoms with van der Waals surface area (Å²) in [5.41, 5.74) is 8.11. The van der Waals surface area contributed by atoms with Gasteiger partial charge in [-0.2, -0.15) is 0 Å². The molecular formula is C18H19ClN2O2. The molecule has 1 fully saturated rings. The van der Waals surface area contributed by atoms with E-state index in [9.17, 15) is 4.79 Å². The van der Waals surface area contributed by atoms with E-state index in [1.807, 2.05) is 54.6 Å². The van der Waals surface area contributed by atoms with Crippen molar-refractivity contribution in [2.24, 2.45) is 5.73 Å². The number of ether oxygens (including phenoxy) is 1. The molecule has 5 heteroatoms. The lowest BCUT2D eigenvalue weighted by Gasteiger charge is -2.26. The summed E-state index contributed by atoms with van der Waals surface area (Å²) in [5, 5.41) is 0.638. The Labute approximate surface area is 140 Å². The Morgan fingerprint density at radius 2 is 2.00 bits per heavy atom. The zero-order valence-electron chi connectivity index (χ0n) is 12.7. The van der Waals surface area contributed by atoms with Gasteiger partial charge in [-0.3, -0.25) is 4.90 Å². The lowest BCUT2D eigenvalue weighted by atomic mass is 10.0. The molecule has 0 unspecified atom stereocenters. The number of halogens is 1. The third-order valence-corrected chi connectivity index (χ3v) is 4.31. The fourth-order valence-corrected chi connectivity index (χ4v) is 3.14. The molecule has 0 radical (unpaired) electrons. The maximum atomic E-state index is 12.4. The highest BCUT2D eigenvalue weighted by Crippen LogP contribution is 2.32. The van der Waals surface area contributed by atoms with E-state index in [1.165, 1.54) is 0 Å². The maximum Gasteiger partial charge on any atom is 0.410 e. The van der Waals surface area contributed by atoms with Crippen LogP contribution in [-0.2, 0) is 11.3 Å². The number of benzene rings is 2. The van der Waals surface area contributed by atoms with E-state index < -0.39 is 0 Å². The Hall–Kier alpha value is -2.04. The molecule has 2 N–H and O–H groups in total. The molecule has 0 saturated carbocycles. The molecule has 23 heavy (non-hydrogen) atoms. The highest BCUT2D eigenvalue weighted by molar-refractivity contribution is 6.30. The van der Waals surface area contributed by atoms with Gasteiger partial charge in [-0.1, -0.05) is 54.1 Å². The molecule has 2 aromatic rings. The minimum absolute atomic E-state index is 0.113. The summed E-state index contributed by atoms with van der Waals surface area (Å²) < 4.78 is 5.44. The lowest BCUT2D eigenvalue weighted by Crippen LogP contribution is -2.36. The van der Waals surface area contributed by atoms with Crippen LogP contribution in [0.15, 0.2) is 54.6 Å². The van der Waals surface area contributed by atoms with Crippen LogP contribution in [0.1, 0.15) is 23.6 Å².